The van der Waals surface area contributed by atoms with Crippen LogP contribution < -0.4 is 0 Å². The summed E-state index contributed by atoms with van der Waals surface area (Å²) in [6.45, 7) is 6.89. The van der Waals surface area contributed by atoms with Gasteiger partial charge in [-0.2, -0.15) is 0 Å². The summed E-state index contributed by atoms with van der Waals surface area (Å²) < 4.78 is 0. The van der Waals surface area contributed by atoms with E-state index in [1.165, 1.54) is 11.1 Å². The normalized spacial score (nSPS) is 11.8. The van der Waals surface area contributed by atoms with E-state index in [1.54, 1.807) is 0 Å². The summed E-state index contributed by atoms with van der Waals surface area (Å²) in [7, 11) is 1.98. The fraction of sp³-hybridized carbons (Fsp3) is 0.533. The van der Waals surface area contributed by atoms with E-state index in [0.29, 0.717) is 0 Å². The SMILES string of the molecule is Cc1cccc(CCN(C)C(C)(C)CC(=O)O)c1. The van der Waals surface area contributed by atoms with Gasteiger partial charge in [0.2, 0.25) is 0 Å². The maximum absolute atomic E-state index is 10.8. The highest BCUT2D eigenvalue weighted by molar-refractivity contribution is 5.68. The molecule has 0 bridgehead atoms. The Bertz CT molecular complexity index is 413. The fourth-order valence-corrected chi connectivity index (χ4v) is 1.97. The highest BCUT2D eigenvalue weighted by Gasteiger charge is 2.26. The molecule has 0 unspecified atom stereocenters. The molecule has 0 heterocycles. The molecule has 0 amide bonds. The van der Waals surface area contributed by atoms with Crippen LogP contribution in [0.1, 0.15) is 31.4 Å². The predicted molar refractivity (Wildman–Crippen MR) is 73.8 cm³/mol. The Labute approximate surface area is 109 Å². The zero-order chi connectivity index (χ0) is 13.8. The molecule has 0 radical (unpaired) electrons. The van der Waals surface area contributed by atoms with Crippen molar-refractivity contribution in [2.45, 2.75) is 39.2 Å². The number of hydrogen-bond donors (Lipinski definition) is 1. The second-order valence-electron chi connectivity index (χ2n) is 5.54. The van der Waals surface area contributed by atoms with Crippen LogP contribution in [-0.2, 0) is 11.2 Å². The van der Waals surface area contributed by atoms with E-state index in [-0.39, 0.29) is 12.0 Å². The van der Waals surface area contributed by atoms with Gasteiger partial charge in [-0.1, -0.05) is 29.8 Å². The topological polar surface area (TPSA) is 40.5 Å². The van der Waals surface area contributed by atoms with Crippen LogP contribution in [0, 0.1) is 6.92 Å². The first-order valence-corrected chi connectivity index (χ1v) is 6.30. The Morgan fingerprint density at radius 2 is 2.06 bits per heavy atom. The molecule has 0 aliphatic carbocycles. The fourth-order valence-electron chi connectivity index (χ4n) is 1.97. The van der Waals surface area contributed by atoms with Crippen LogP contribution in [0.5, 0.6) is 0 Å². The monoisotopic (exact) mass is 249 g/mol. The second kappa shape index (κ2) is 6.01. The Morgan fingerprint density at radius 1 is 1.39 bits per heavy atom. The number of nitrogens with zero attached hydrogens (tertiary/aromatic N) is 1. The van der Waals surface area contributed by atoms with E-state index in [9.17, 15) is 4.79 Å². The first kappa shape index (κ1) is 14.7. The van der Waals surface area contributed by atoms with E-state index in [1.807, 2.05) is 20.9 Å². The molecule has 0 saturated carbocycles. The van der Waals surface area contributed by atoms with Crippen LogP contribution in [0.25, 0.3) is 0 Å². The molecular weight excluding hydrogens is 226 g/mol. The Morgan fingerprint density at radius 3 is 2.61 bits per heavy atom. The number of carboxylic acid groups (broad SMARTS) is 1. The van der Waals surface area contributed by atoms with E-state index in [4.69, 9.17) is 5.11 Å². The zero-order valence-corrected chi connectivity index (χ0v) is 11.7. The van der Waals surface area contributed by atoms with Gasteiger partial charge in [0.05, 0.1) is 6.42 Å². The quantitative estimate of drug-likeness (QED) is 0.842. The van der Waals surface area contributed by atoms with Crippen LogP contribution in [0.2, 0.25) is 0 Å². The lowest BCUT2D eigenvalue weighted by Gasteiger charge is -2.34. The molecular formula is C15H23NO2. The molecule has 1 aromatic rings. The van der Waals surface area contributed by atoms with Gasteiger partial charge in [-0.05, 0) is 39.8 Å². The summed E-state index contributed by atoms with van der Waals surface area (Å²) >= 11 is 0. The molecule has 0 atom stereocenters. The van der Waals surface area contributed by atoms with Crippen molar-refractivity contribution in [1.29, 1.82) is 0 Å². The number of aliphatic carboxylic acids is 1. The maximum Gasteiger partial charge on any atom is 0.305 e. The van der Waals surface area contributed by atoms with Crippen molar-refractivity contribution >= 4 is 5.97 Å². The van der Waals surface area contributed by atoms with Gasteiger partial charge in [0.25, 0.3) is 0 Å². The van der Waals surface area contributed by atoms with E-state index < -0.39 is 5.97 Å². The number of benzene rings is 1. The van der Waals surface area contributed by atoms with Crippen LogP contribution in [0.15, 0.2) is 24.3 Å². The Hall–Kier alpha value is -1.35. The number of likely N-dealkylation sites (N-methyl/N-ethyl adjacent to an activating group) is 1. The first-order valence-electron chi connectivity index (χ1n) is 6.30. The third-order valence-electron chi connectivity index (χ3n) is 3.44. The van der Waals surface area contributed by atoms with Crippen molar-refractivity contribution in [1.82, 2.24) is 4.90 Å². The number of carbonyl (C=O) groups is 1. The largest absolute Gasteiger partial charge is 0.481 e. The lowest BCUT2D eigenvalue weighted by atomic mass is 9.98. The van der Waals surface area contributed by atoms with Gasteiger partial charge in [-0.3, -0.25) is 4.79 Å². The van der Waals surface area contributed by atoms with Gasteiger partial charge >= 0.3 is 5.97 Å². The van der Waals surface area contributed by atoms with Crippen molar-refractivity contribution in [3.8, 4) is 0 Å². The van der Waals surface area contributed by atoms with Gasteiger partial charge in [0, 0.05) is 12.1 Å². The molecule has 1 rings (SSSR count). The predicted octanol–water partition coefficient (Wildman–Crippen LogP) is 2.72. The minimum atomic E-state index is -0.748. The molecule has 3 nitrogen and oxygen atoms in total. The van der Waals surface area contributed by atoms with Gasteiger partial charge in [-0.25, -0.2) is 0 Å². The van der Waals surface area contributed by atoms with Crippen molar-refractivity contribution in [2.24, 2.45) is 0 Å². The maximum atomic E-state index is 10.8. The smallest absolute Gasteiger partial charge is 0.305 e. The molecule has 0 fully saturated rings. The number of aryl methyl sites for hydroxylation is 1. The average Bonchev–Trinajstić information content (AvgIpc) is 2.24. The summed E-state index contributed by atoms with van der Waals surface area (Å²) in [6, 6.07) is 8.44. The van der Waals surface area contributed by atoms with Gasteiger partial charge in [0.1, 0.15) is 0 Å². The minimum absolute atomic E-state index is 0.164. The van der Waals surface area contributed by atoms with Gasteiger partial charge in [-0.15, -0.1) is 0 Å². The highest BCUT2D eigenvalue weighted by Crippen LogP contribution is 2.17. The Balaban J connectivity index is 2.55. The van der Waals surface area contributed by atoms with Crippen molar-refractivity contribution in [3.05, 3.63) is 35.4 Å². The van der Waals surface area contributed by atoms with E-state index in [2.05, 4.69) is 36.1 Å². The summed E-state index contributed by atoms with van der Waals surface area (Å²) in [5.41, 5.74) is 2.25. The van der Waals surface area contributed by atoms with Crippen molar-refractivity contribution in [2.75, 3.05) is 13.6 Å². The lowest BCUT2D eigenvalue weighted by molar-refractivity contribution is -0.139. The number of rotatable bonds is 6. The summed E-state index contributed by atoms with van der Waals surface area (Å²) in [6.07, 6.45) is 1.11. The van der Waals surface area contributed by atoms with Crippen LogP contribution in [0.3, 0.4) is 0 Å². The summed E-state index contributed by atoms with van der Waals surface area (Å²) in [5.74, 6) is -0.748. The van der Waals surface area contributed by atoms with E-state index >= 15 is 0 Å². The molecule has 100 valence electrons. The number of hydrogen-bond acceptors (Lipinski definition) is 2. The molecule has 1 aromatic carbocycles. The molecule has 0 spiro atoms. The zero-order valence-electron chi connectivity index (χ0n) is 11.7. The number of carboxylic acids is 1. The lowest BCUT2D eigenvalue weighted by Crippen LogP contribution is -2.43. The molecule has 1 N–H and O–H groups in total. The molecule has 18 heavy (non-hydrogen) atoms. The van der Waals surface area contributed by atoms with E-state index in [0.717, 1.165) is 13.0 Å². The van der Waals surface area contributed by atoms with Crippen LogP contribution in [0.4, 0.5) is 0 Å². The molecule has 0 saturated heterocycles. The molecule has 0 aliphatic heterocycles. The molecule has 0 aliphatic rings. The highest BCUT2D eigenvalue weighted by atomic mass is 16.4. The second-order valence-corrected chi connectivity index (χ2v) is 5.54. The Kier molecular flexibility index (Phi) is 4.91. The summed E-state index contributed by atoms with van der Waals surface area (Å²) in [4.78, 5) is 12.9. The van der Waals surface area contributed by atoms with Gasteiger partial charge < -0.3 is 10.0 Å². The third kappa shape index (κ3) is 4.49. The van der Waals surface area contributed by atoms with Crippen molar-refractivity contribution < 1.29 is 9.90 Å². The summed E-state index contributed by atoms with van der Waals surface area (Å²) in [5, 5.41) is 8.89. The average molecular weight is 249 g/mol. The minimum Gasteiger partial charge on any atom is -0.481 e. The molecule has 0 aromatic heterocycles. The third-order valence-corrected chi connectivity index (χ3v) is 3.44. The van der Waals surface area contributed by atoms with Gasteiger partial charge in [0.15, 0.2) is 0 Å². The molecule has 3 heteroatoms. The van der Waals surface area contributed by atoms with Crippen LogP contribution in [-0.4, -0.2) is 35.1 Å². The van der Waals surface area contributed by atoms with Crippen LogP contribution >= 0.6 is 0 Å². The van der Waals surface area contributed by atoms with Crippen molar-refractivity contribution in [3.63, 3.8) is 0 Å². The first-order chi connectivity index (χ1) is 8.31. The standard InChI is InChI=1S/C15H23NO2/c1-12-6-5-7-13(10-12)8-9-16(4)15(2,3)11-14(17)18/h5-7,10H,8-9,11H2,1-4H3,(H,17,18).